The number of hydrogen-bond acceptors (Lipinski definition) is 4. The molecular formula is C14H25N3O2S. The van der Waals surface area contributed by atoms with Crippen LogP contribution in [-0.4, -0.2) is 28.1 Å². The largest absolute Gasteiger partial charge is 0.385 e. The quantitative estimate of drug-likeness (QED) is 0.607. The van der Waals surface area contributed by atoms with Gasteiger partial charge in [0.05, 0.1) is 4.90 Å². The van der Waals surface area contributed by atoms with Gasteiger partial charge in [-0.3, -0.25) is 0 Å². The molecule has 0 aliphatic rings. The predicted molar refractivity (Wildman–Crippen MR) is 83.2 cm³/mol. The number of rotatable bonds is 9. The molecule has 6 heteroatoms. The highest BCUT2D eigenvalue weighted by Gasteiger charge is 2.11. The second-order valence-electron chi connectivity index (χ2n) is 4.94. The molecule has 0 aromatic heterocycles. The molecule has 0 bridgehead atoms. The van der Waals surface area contributed by atoms with E-state index in [0.717, 1.165) is 31.6 Å². The minimum atomic E-state index is -3.36. The van der Waals surface area contributed by atoms with Gasteiger partial charge in [0.25, 0.3) is 0 Å². The first kappa shape index (κ1) is 16.9. The van der Waals surface area contributed by atoms with E-state index in [0.29, 0.717) is 17.4 Å². The third-order valence-corrected chi connectivity index (χ3v) is 4.67. The lowest BCUT2D eigenvalue weighted by Gasteiger charge is -2.10. The summed E-state index contributed by atoms with van der Waals surface area (Å²) in [7, 11) is -3.36. The number of anilines is 1. The number of nitrogens with one attached hydrogen (secondary N) is 2. The topological polar surface area (TPSA) is 84.2 Å². The summed E-state index contributed by atoms with van der Waals surface area (Å²) in [5.74, 6) is 0.546. The lowest BCUT2D eigenvalue weighted by molar-refractivity contribution is 0.529. The average Bonchev–Trinajstić information content (AvgIpc) is 2.43. The number of sulfonamides is 1. The highest BCUT2D eigenvalue weighted by Crippen LogP contribution is 2.14. The molecule has 0 heterocycles. The Bertz CT molecular complexity index is 486. The molecule has 0 radical (unpaired) electrons. The van der Waals surface area contributed by atoms with Gasteiger partial charge in [0, 0.05) is 18.8 Å². The van der Waals surface area contributed by atoms with Gasteiger partial charge in [0.1, 0.15) is 0 Å². The Labute approximate surface area is 122 Å². The first-order valence-electron chi connectivity index (χ1n) is 7.03. The van der Waals surface area contributed by atoms with Crippen molar-refractivity contribution in [3.8, 4) is 0 Å². The zero-order valence-electron chi connectivity index (χ0n) is 12.2. The van der Waals surface area contributed by atoms with Crippen molar-refractivity contribution in [3.63, 3.8) is 0 Å². The molecule has 5 nitrogen and oxygen atoms in total. The first-order valence-corrected chi connectivity index (χ1v) is 8.51. The van der Waals surface area contributed by atoms with Crippen molar-refractivity contribution in [2.75, 3.05) is 25.0 Å². The molecule has 20 heavy (non-hydrogen) atoms. The summed E-state index contributed by atoms with van der Waals surface area (Å²) in [5, 5.41) is 3.28. The van der Waals surface area contributed by atoms with Crippen LogP contribution >= 0.6 is 0 Å². The fourth-order valence-corrected chi connectivity index (χ4v) is 2.87. The van der Waals surface area contributed by atoms with E-state index >= 15 is 0 Å². The Morgan fingerprint density at radius 1 is 1.25 bits per heavy atom. The summed E-state index contributed by atoms with van der Waals surface area (Å²) in [6.07, 6.45) is 2.15. The summed E-state index contributed by atoms with van der Waals surface area (Å²) in [5.41, 5.74) is 6.50. The van der Waals surface area contributed by atoms with Crippen molar-refractivity contribution in [3.05, 3.63) is 24.3 Å². The van der Waals surface area contributed by atoms with E-state index in [2.05, 4.69) is 17.0 Å². The first-order chi connectivity index (χ1) is 9.49. The van der Waals surface area contributed by atoms with Crippen LogP contribution < -0.4 is 15.8 Å². The van der Waals surface area contributed by atoms with Gasteiger partial charge in [-0.25, -0.2) is 13.1 Å². The van der Waals surface area contributed by atoms with Crippen LogP contribution in [0.25, 0.3) is 0 Å². The lowest BCUT2D eigenvalue weighted by Crippen LogP contribution is -2.23. The van der Waals surface area contributed by atoms with Crippen molar-refractivity contribution in [1.82, 2.24) is 4.72 Å². The van der Waals surface area contributed by atoms with E-state index in [-0.39, 0.29) is 0 Å². The third kappa shape index (κ3) is 5.48. The van der Waals surface area contributed by atoms with Crippen LogP contribution in [-0.2, 0) is 10.0 Å². The SMILES string of the molecule is CCNS(=O)(=O)c1ccc(NCCCC(C)CN)cc1. The van der Waals surface area contributed by atoms with E-state index in [9.17, 15) is 8.42 Å². The highest BCUT2D eigenvalue weighted by molar-refractivity contribution is 7.89. The summed E-state index contributed by atoms with van der Waals surface area (Å²) in [6.45, 7) is 5.87. The van der Waals surface area contributed by atoms with E-state index < -0.39 is 10.0 Å². The average molecular weight is 299 g/mol. The van der Waals surface area contributed by atoms with Crippen LogP contribution in [0, 0.1) is 5.92 Å². The van der Waals surface area contributed by atoms with Crippen molar-refractivity contribution in [1.29, 1.82) is 0 Å². The van der Waals surface area contributed by atoms with Gasteiger partial charge in [-0.15, -0.1) is 0 Å². The van der Waals surface area contributed by atoms with Crippen LogP contribution in [0.2, 0.25) is 0 Å². The summed E-state index contributed by atoms with van der Waals surface area (Å²) in [4.78, 5) is 0.293. The van der Waals surface area contributed by atoms with Crippen LogP contribution in [0.3, 0.4) is 0 Å². The van der Waals surface area contributed by atoms with Gasteiger partial charge in [-0.2, -0.15) is 0 Å². The van der Waals surface area contributed by atoms with Crippen molar-refractivity contribution in [2.24, 2.45) is 11.7 Å². The smallest absolute Gasteiger partial charge is 0.240 e. The van der Waals surface area contributed by atoms with Crippen LogP contribution in [0.4, 0.5) is 5.69 Å². The highest BCUT2D eigenvalue weighted by atomic mass is 32.2. The molecule has 0 fully saturated rings. The molecule has 114 valence electrons. The monoisotopic (exact) mass is 299 g/mol. The molecule has 1 unspecified atom stereocenters. The summed E-state index contributed by atoms with van der Waals surface area (Å²) < 4.78 is 26.0. The maximum atomic E-state index is 11.8. The van der Waals surface area contributed by atoms with Crippen LogP contribution in [0.1, 0.15) is 26.7 Å². The molecule has 0 saturated carbocycles. The Morgan fingerprint density at radius 3 is 2.45 bits per heavy atom. The maximum Gasteiger partial charge on any atom is 0.240 e. The van der Waals surface area contributed by atoms with Gasteiger partial charge in [-0.1, -0.05) is 13.8 Å². The molecule has 1 atom stereocenters. The normalized spacial score (nSPS) is 13.2. The Balaban J connectivity index is 2.47. The number of nitrogens with two attached hydrogens (primary N) is 1. The molecule has 1 rings (SSSR count). The van der Waals surface area contributed by atoms with Gasteiger partial charge in [0.2, 0.25) is 10.0 Å². The summed E-state index contributed by atoms with van der Waals surface area (Å²) in [6, 6.07) is 6.80. The zero-order valence-corrected chi connectivity index (χ0v) is 13.0. The second kappa shape index (κ2) is 8.24. The molecular weight excluding hydrogens is 274 g/mol. The van der Waals surface area contributed by atoms with Crippen LogP contribution in [0.15, 0.2) is 29.2 Å². The van der Waals surface area contributed by atoms with Crippen molar-refractivity contribution >= 4 is 15.7 Å². The van der Waals surface area contributed by atoms with Gasteiger partial charge in [-0.05, 0) is 49.6 Å². The van der Waals surface area contributed by atoms with Crippen molar-refractivity contribution < 1.29 is 8.42 Å². The molecule has 0 saturated heterocycles. The van der Waals surface area contributed by atoms with Crippen LogP contribution in [0.5, 0.6) is 0 Å². The molecule has 0 aliphatic carbocycles. The fraction of sp³-hybridized carbons (Fsp3) is 0.571. The molecule has 0 amide bonds. The second-order valence-corrected chi connectivity index (χ2v) is 6.70. The Hall–Kier alpha value is -1.11. The maximum absolute atomic E-state index is 11.8. The van der Waals surface area contributed by atoms with E-state index in [1.807, 2.05) is 0 Å². The Morgan fingerprint density at radius 2 is 1.90 bits per heavy atom. The van der Waals surface area contributed by atoms with E-state index in [1.165, 1.54) is 0 Å². The minimum absolute atomic E-state index is 0.293. The van der Waals surface area contributed by atoms with Gasteiger partial charge < -0.3 is 11.1 Å². The fourth-order valence-electron chi connectivity index (χ4n) is 1.83. The van der Waals surface area contributed by atoms with E-state index in [4.69, 9.17) is 5.73 Å². The molecule has 4 N–H and O–H groups in total. The summed E-state index contributed by atoms with van der Waals surface area (Å²) >= 11 is 0. The molecule has 0 aliphatic heterocycles. The van der Waals surface area contributed by atoms with Gasteiger partial charge >= 0.3 is 0 Å². The number of hydrogen-bond donors (Lipinski definition) is 3. The zero-order chi connectivity index (χ0) is 15.0. The molecule has 1 aromatic rings. The van der Waals surface area contributed by atoms with Gasteiger partial charge in [0.15, 0.2) is 0 Å². The lowest BCUT2D eigenvalue weighted by atomic mass is 10.1. The predicted octanol–water partition coefficient (Wildman–Crippen LogP) is 1.77. The van der Waals surface area contributed by atoms with E-state index in [1.54, 1.807) is 31.2 Å². The minimum Gasteiger partial charge on any atom is -0.385 e. The van der Waals surface area contributed by atoms with Crippen molar-refractivity contribution in [2.45, 2.75) is 31.6 Å². The Kier molecular flexibility index (Phi) is 6.98. The standard InChI is InChI=1S/C14H25N3O2S/c1-3-17-20(18,19)14-8-6-13(7-9-14)16-10-4-5-12(2)11-15/h6-9,12,16-17H,3-5,10-11,15H2,1-2H3. The third-order valence-electron chi connectivity index (χ3n) is 3.10. The molecule has 1 aromatic carbocycles. The molecule has 0 spiro atoms. The number of benzene rings is 1.